The van der Waals surface area contributed by atoms with Crippen LogP contribution in [0.15, 0.2) is 47.0 Å². The smallest absolute Gasteiger partial charge is 0.225 e. The molecule has 2 aliphatic heterocycles. The van der Waals surface area contributed by atoms with Gasteiger partial charge in [-0.2, -0.15) is 0 Å². The first kappa shape index (κ1) is 24.1. The second-order valence-corrected chi connectivity index (χ2v) is 8.60. The minimum atomic E-state index is 0.0188. The van der Waals surface area contributed by atoms with E-state index in [0.717, 1.165) is 39.0 Å². The first-order valence-electron chi connectivity index (χ1n) is 11.2. The Morgan fingerprint density at radius 1 is 1.12 bits per heavy atom. The maximum Gasteiger partial charge on any atom is 0.225 e. The number of amidine groups is 1. The molecule has 2 saturated heterocycles. The Kier molecular flexibility index (Phi) is 7.96. The van der Waals surface area contributed by atoms with Crippen LogP contribution in [0.4, 0.5) is 5.82 Å². The number of rotatable bonds is 3. The topological polar surface area (TPSA) is 130 Å². The Labute approximate surface area is 196 Å². The molecule has 1 aromatic rings. The monoisotopic (exact) mass is 450 g/mol. The summed E-state index contributed by atoms with van der Waals surface area (Å²) in [5, 5.41) is 0. The predicted octanol–water partition coefficient (Wildman–Crippen LogP) is 0.562. The molecule has 176 valence electrons. The van der Waals surface area contributed by atoms with Crippen molar-refractivity contribution in [3.63, 3.8) is 0 Å². The molecule has 1 aromatic heterocycles. The standard InChI is InChI=1S/C24H34N8O/c1-17(25)21(6-4-19-5-7-22(27)28-16-19)23(29-18(2)26)31-10-8-20(9-11-31)24(33)32-14-12-30(3)13-15-32/h5,7,16,20H,2,8-15,25-26H2,1,3H3,(H2,27,28)/b21-17-,29-23?. The summed E-state index contributed by atoms with van der Waals surface area (Å²) in [6.07, 6.45) is 3.10. The quantitative estimate of drug-likeness (QED) is 0.348. The number of nitrogens with zero attached hydrogens (tertiary/aromatic N) is 5. The van der Waals surface area contributed by atoms with Crippen molar-refractivity contribution in [2.45, 2.75) is 19.8 Å². The van der Waals surface area contributed by atoms with Crippen molar-refractivity contribution in [2.75, 3.05) is 52.0 Å². The van der Waals surface area contributed by atoms with Gasteiger partial charge in [0.15, 0.2) is 0 Å². The van der Waals surface area contributed by atoms with Gasteiger partial charge in [0.05, 0.1) is 5.57 Å². The second kappa shape index (κ2) is 10.9. The fraction of sp³-hybridized carbons (Fsp3) is 0.458. The van der Waals surface area contributed by atoms with Crippen molar-refractivity contribution in [1.82, 2.24) is 19.7 Å². The highest BCUT2D eigenvalue weighted by Gasteiger charge is 2.31. The van der Waals surface area contributed by atoms with Gasteiger partial charge in [0.25, 0.3) is 0 Å². The van der Waals surface area contributed by atoms with Crippen molar-refractivity contribution in [1.29, 1.82) is 0 Å². The molecule has 0 aromatic carbocycles. The summed E-state index contributed by atoms with van der Waals surface area (Å²) in [5.41, 5.74) is 19.5. The summed E-state index contributed by atoms with van der Waals surface area (Å²) in [6.45, 7) is 10.3. The van der Waals surface area contributed by atoms with Gasteiger partial charge >= 0.3 is 0 Å². The Balaban J connectivity index is 1.74. The van der Waals surface area contributed by atoms with Crippen LogP contribution in [-0.4, -0.2) is 77.7 Å². The van der Waals surface area contributed by atoms with Crippen LogP contribution in [0.25, 0.3) is 0 Å². The van der Waals surface area contributed by atoms with Crippen LogP contribution in [0.1, 0.15) is 25.3 Å². The molecular weight excluding hydrogens is 416 g/mol. The van der Waals surface area contributed by atoms with Crippen molar-refractivity contribution >= 4 is 17.6 Å². The molecule has 0 spiro atoms. The summed E-state index contributed by atoms with van der Waals surface area (Å²) < 4.78 is 0. The largest absolute Gasteiger partial charge is 0.401 e. The van der Waals surface area contributed by atoms with E-state index in [1.807, 2.05) is 4.90 Å². The third-order valence-electron chi connectivity index (χ3n) is 5.94. The molecule has 0 radical (unpaired) electrons. The fourth-order valence-corrected chi connectivity index (χ4v) is 3.99. The van der Waals surface area contributed by atoms with Crippen molar-refractivity contribution in [3.05, 3.63) is 47.6 Å². The number of likely N-dealkylation sites (tertiary alicyclic amines) is 1. The molecule has 0 atom stereocenters. The van der Waals surface area contributed by atoms with Crippen LogP contribution in [0.3, 0.4) is 0 Å². The molecule has 2 aliphatic rings. The summed E-state index contributed by atoms with van der Waals surface area (Å²) >= 11 is 0. The van der Waals surface area contributed by atoms with Crippen molar-refractivity contribution < 1.29 is 4.79 Å². The van der Waals surface area contributed by atoms with Crippen LogP contribution in [-0.2, 0) is 4.79 Å². The number of allylic oxidation sites excluding steroid dienone is 1. The molecule has 2 fully saturated rings. The summed E-state index contributed by atoms with van der Waals surface area (Å²) in [4.78, 5) is 27.9. The number of nitrogens with two attached hydrogens (primary N) is 3. The molecule has 1 amide bonds. The number of carbonyl (C=O) groups excluding carboxylic acids is 1. The molecular formula is C24H34N8O. The minimum absolute atomic E-state index is 0.0188. The maximum absolute atomic E-state index is 13.0. The SMILES string of the molecule is C=C(N)N=C(/C(C#Cc1ccc(N)nc1)=C(/C)N)N1CCC(C(=O)N2CCN(C)CC2)CC1. The number of likely N-dealkylation sites (N-methyl/N-ethyl adjacent to an activating group) is 1. The Morgan fingerprint density at radius 3 is 2.33 bits per heavy atom. The van der Waals surface area contributed by atoms with E-state index in [2.05, 4.69) is 45.2 Å². The van der Waals surface area contributed by atoms with Crippen LogP contribution in [0, 0.1) is 17.8 Å². The Hall–Kier alpha value is -3.51. The number of aliphatic imine (C=N–C) groups is 1. The minimum Gasteiger partial charge on any atom is -0.401 e. The summed E-state index contributed by atoms with van der Waals surface area (Å²) in [6, 6.07) is 3.49. The first-order chi connectivity index (χ1) is 15.7. The molecule has 3 heterocycles. The zero-order chi connectivity index (χ0) is 24.0. The van der Waals surface area contributed by atoms with E-state index >= 15 is 0 Å². The lowest BCUT2D eigenvalue weighted by molar-refractivity contribution is -0.138. The first-order valence-corrected chi connectivity index (χ1v) is 11.2. The number of nitrogen functional groups attached to an aromatic ring is 1. The average molecular weight is 451 g/mol. The van der Waals surface area contributed by atoms with Gasteiger partial charge < -0.3 is 31.9 Å². The average Bonchev–Trinajstić information content (AvgIpc) is 2.79. The zero-order valence-electron chi connectivity index (χ0n) is 19.5. The van der Waals surface area contributed by atoms with Gasteiger partial charge in [-0.05, 0) is 38.9 Å². The van der Waals surface area contributed by atoms with Gasteiger partial charge in [-0.25, -0.2) is 9.98 Å². The van der Waals surface area contributed by atoms with Gasteiger partial charge in [0.2, 0.25) is 5.91 Å². The lowest BCUT2D eigenvalue weighted by Crippen LogP contribution is -2.51. The molecule has 33 heavy (non-hydrogen) atoms. The normalized spacial score (nSPS) is 18.9. The third-order valence-corrected chi connectivity index (χ3v) is 5.94. The number of amides is 1. The number of hydrogen-bond acceptors (Lipinski definition) is 7. The predicted molar refractivity (Wildman–Crippen MR) is 132 cm³/mol. The third kappa shape index (κ3) is 6.49. The number of carbonyl (C=O) groups is 1. The fourth-order valence-electron chi connectivity index (χ4n) is 3.99. The summed E-state index contributed by atoms with van der Waals surface area (Å²) in [7, 11) is 2.09. The number of pyridine rings is 1. The van der Waals surface area contributed by atoms with E-state index in [4.69, 9.17) is 17.2 Å². The number of hydrogen-bond donors (Lipinski definition) is 3. The van der Waals surface area contributed by atoms with Crippen molar-refractivity contribution in [3.8, 4) is 11.8 Å². The zero-order valence-corrected chi connectivity index (χ0v) is 19.5. The Morgan fingerprint density at radius 2 is 1.79 bits per heavy atom. The van der Waals surface area contributed by atoms with Crippen LogP contribution >= 0.6 is 0 Å². The molecule has 0 aliphatic carbocycles. The van der Waals surface area contributed by atoms with Gasteiger partial charge in [-0.1, -0.05) is 18.4 Å². The number of piperidine rings is 1. The highest BCUT2D eigenvalue weighted by Crippen LogP contribution is 2.23. The van der Waals surface area contributed by atoms with Gasteiger partial charge in [0, 0.05) is 62.6 Å². The highest BCUT2D eigenvalue weighted by atomic mass is 16.2. The number of aromatic nitrogens is 1. The number of piperazine rings is 1. The van der Waals surface area contributed by atoms with Crippen molar-refractivity contribution in [2.24, 2.45) is 22.4 Å². The molecule has 0 bridgehead atoms. The maximum atomic E-state index is 13.0. The van der Waals surface area contributed by atoms with Gasteiger partial charge in [0.1, 0.15) is 17.5 Å². The van der Waals surface area contributed by atoms with Crippen LogP contribution in [0.2, 0.25) is 0 Å². The van der Waals surface area contributed by atoms with E-state index in [-0.39, 0.29) is 17.6 Å². The summed E-state index contributed by atoms with van der Waals surface area (Å²) in [5.74, 6) is 7.66. The second-order valence-electron chi connectivity index (χ2n) is 8.60. The Bertz CT molecular complexity index is 982. The highest BCUT2D eigenvalue weighted by molar-refractivity contribution is 6.03. The number of anilines is 1. The molecule has 0 saturated carbocycles. The van der Waals surface area contributed by atoms with E-state index in [9.17, 15) is 4.79 Å². The lowest BCUT2D eigenvalue weighted by atomic mass is 9.94. The lowest BCUT2D eigenvalue weighted by Gasteiger charge is -2.38. The molecule has 3 rings (SSSR count). The van der Waals surface area contributed by atoms with E-state index in [1.54, 1.807) is 25.3 Å². The molecule has 9 nitrogen and oxygen atoms in total. The molecule has 6 N–H and O–H groups in total. The van der Waals surface area contributed by atoms with Crippen LogP contribution in [0.5, 0.6) is 0 Å². The van der Waals surface area contributed by atoms with Gasteiger partial charge in [-0.3, -0.25) is 4.79 Å². The van der Waals surface area contributed by atoms with Crippen LogP contribution < -0.4 is 17.2 Å². The van der Waals surface area contributed by atoms with E-state index in [1.165, 1.54) is 0 Å². The van der Waals surface area contributed by atoms with Gasteiger partial charge in [-0.15, -0.1) is 0 Å². The molecule has 0 unspecified atom stereocenters. The van der Waals surface area contributed by atoms with E-state index in [0.29, 0.717) is 41.6 Å². The van der Waals surface area contributed by atoms with E-state index < -0.39 is 0 Å². The molecule has 9 heteroatoms.